The number of thiophene rings is 1. The molecule has 3 rings (SSSR count). The Bertz CT molecular complexity index is 908. The highest BCUT2D eigenvalue weighted by atomic mass is 32.1. The van der Waals surface area contributed by atoms with Crippen LogP contribution < -0.4 is 10.9 Å². The molecule has 1 aromatic carbocycles. The van der Waals surface area contributed by atoms with Gasteiger partial charge in [-0.2, -0.15) is 0 Å². The Balaban J connectivity index is 1.82. The van der Waals surface area contributed by atoms with Gasteiger partial charge in [-0.3, -0.25) is 9.59 Å². The van der Waals surface area contributed by atoms with Crippen molar-refractivity contribution in [3.05, 3.63) is 63.4 Å². The molecule has 0 aliphatic carbocycles. The first-order valence-corrected chi connectivity index (χ1v) is 7.86. The van der Waals surface area contributed by atoms with Crippen LogP contribution in [0.2, 0.25) is 0 Å². The maximum atomic E-state index is 12.3. The number of nitrogens with one attached hydrogen (secondary N) is 1. The second-order valence-corrected chi connectivity index (χ2v) is 6.26. The zero-order valence-electron chi connectivity index (χ0n) is 12.4. The molecule has 0 saturated heterocycles. The Morgan fingerprint density at radius 3 is 2.86 bits per heavy atom. The molecule has 0 bridgehead atoms. The molecule has 1 N–H and O–H groups in total. The lowest BCUT2D eigenvalue weighted by Crippen LogP contribution is -2.27. The van der Waals surface area contributed by atoms with Crippen molar-refractivity contribution in [2.45, 2.75) is 20.4 Å². The lowest BCUT2D eigenvalue weighted by atomic mass is 10.1. The fourth-order valence-corrected chi connectivity index (χ4v) is 3.12. The summed E-state index contributed by atoms with van der Waals surface area (Å²) in [5.41, 5.74) is 2.74. The predicted molar refractivity (Wildman–Crippen MR) is 90.6 cm³/mol. The molecule has 22 heavy (non-hydrogen) atoms. The van der Waals surface area contributed by atoms with E-state index >= 15 is 0 Å². The van der Waals surface area contributed by atoms with Crippen LogP contribution in [0.3, 0.4) is 0 Å². The first-order valence-electron chi connectivity index (χ1n) is 6.98. The van der Waals surface area contributed by atoms with Crippen LogP contribution in [-0.2, 0) is 11.3 Å². The first-order chi connectivity index (χ1) is 10.5. The maximum absolute atomic E-state index is 12.3. The highest BCUT2D eigenvalue weighted by molar-refractivity contribution is 7.17. The normalized spacial score (nSPS) is 10.8. The van der Waals surface area contributed by atoms with E-state index in [1.807, 2.05) is 43.5 Å². The highest BCUT2D eigenvalue weighted by Crippen LogP contribution is 2.17. The van der Waals surface area contributed by atoms with Crippen LogP contribution in [0.15, 0.2) is 46.7 Å². The van der Waals surface area contributed by atoms with Crippen LogP contribution in [0, 0.1) is 13.8 Å². The van der Waals surface area contributed by atoms with E-state index in [0.29, 0.717) is 5.39 Å². The zero-order valence-corrected chi connectivity index (χ0v) is 13.2. The van der Waals surface area contributed by atoms with Gasteiger partial charge in [-0.25, -0.2) is 0 Å². The number of carbonyl (C=O) groups excluding carboxylic acids is 1. The monoisotopic (exact) mass is 312 g/mol. The summed E-state index contributed by atoms with van der Waals surface area (Å²) in [6.07, 6.45) is 1.67. The fourth-order valence-electron chi connectivity index (χ4n) is 2.35. The second kappa shape index (κ2) is 5.77. The Morgan fingerprint density at radius 2 is 2.05 bits per heavy atom. The Hall–Kier alpha value is -2.40. The molecule has 0 radical (unpaired) electrons. The number of aryl methyl sites for hydroxylation is 2. The van der Waals surface area contributed by atoms with Gasteiger partial charge in [0.15, 0.2) is 0 Å². The van der Waals surface area contributed by atoms with Crippen molar-refractivity contribution in [2.75, 3.05) is 5.32 Å². The largest absolute Gasteiger partial charge is 0.324 e. The SMILES string of the molecule is Cc1ccc(C)c(NC(=O)Cn2ccc3sccc3c2=O)c1. The molecule has 0 saturated carbocycles. The van der Waals surface area contributed by atoms with E-state index in [2.05, 4.69) is 5.32 Å². The molecule has 2 heterocycles. The standard InChI is InChI=1S/C17H16N2O2S/c1-11-3-4-12(2)14(9-11)18-16(20)10-19-7-5-15-13(17(19)21)6-8-22-15/h3-9H,10H2,1-2H3,(H,18,20). The summed E-state index contributed by atoms with van der Waals surface area (Å²) >= 11 is 1.52. The van der Waals surface area contributed by atoms with E-state index in [1.165, 1.54) is 15.9 Å². The molecule has 112 valence electrons. The van der Waals surface area contributed by atoms with Crippen molar-refractivity contribution in [2.24, 2.45) is 0 Å². The molecule has 0 aliphatic rings. The van der Waals surface area contributed by atoms with Crippen LogP contribution in [0.25, 0.3) is 10.1 Å². The van der Waals surface area contributed by atoms with Crippen LogP contribution in [0.1, 0.15) is 11.1 Å². The molecule has 1 amide bonds. The minimum atomic E-state index is -0.203. The fraction of sp³-hybridized carbons (Fsp3) is 0.176. The van der Waals surface area contributed by atoms with Crippen LogP contribution in [0.4, 0.5) is 5.69 Å². The predicted octanol–water partition coefficient (Wildman–Crippen LogP) is 3.32. The lowest BCUT2D eigenvalue weighted by Gasteiger charge is -2.10. The van der Waals surface area contributed by atoms with Gasteiger partial charge in [0.2, 0.25) is 5.91 Å². The summed E-state index contributed by atoms with van der Waals surface area (Å²) in [7, 11) is 0. The van der Waals surface area contributed by atoms with Crippen LogP contribution >= 0.6 is 11.3 Å². The minimum Gasteiger partial charge on any atom is -0.324 e. The van der Waals surface area contributed by atoms with Gasteiger partial charge in [-0.15, -0.1) is 11.3 Å². The molecule has 2 aromatic heterocycles. The third-order valence-electron chi connectivity index (χ3n) is 3.57. The van der Waals surface area contributed by atoms with Gasteiger partial charge in [0.05, 0.1) is 5.39 Å². The summed E-state index contributed by atoms with van der Waals surface area (Å²) in [4.78, 5) is 24.5. The Morgan fingerprint density at radius 1 is 1.23 bits per heavy atom. The number of pyridine rings is 1. The Kier molecular flexibility index (Phi) is 3.81. The molecule has 4 nitrogen and oxygen atoms in total. The second-order valence-electron chi connectivity index (χ2n) is 5.31. The van der Waals surface area contributed by atoms with Gasteiger partial charge in [0.25, 0.3) is 5.56 Å². The molecular formula is C17H16N2O2S. The molecule has 3 aromatic rings. The van der Waals surface area contributed by atoms with E-state index in [-0.39, 0.29) is 18.0 Å². The number of hydrogen-bond acceptors (Lipinski definition) is 3. The molecule has 0 unspecified atom stereocenters. The van der Waals surface area contributed by atoms with E-state index in [4.69, 9.17) is 0 Å². The van der Waals surface area contributed by atoms with Gasteiger partial charge in [0.1, 0.15) is 6.54 Å². The molecular weight excluding hydrogens is 296 g/mol. The summed E-state index contributed by atoms with van der Waals surface area (Å²) in [6.45, 7) is 3.93. The van der Waals surface area contributed by atoms with E-state index in [0.717, 1.165) is 21.5 Å². The van der Waals surface area contributed by atoms with Crippen LogP contribution in [-0.4, -0.2) is 10.5 Å². The number of nitrogens with zero attached hydrogens (tertiary/aromatic N) is 1. The highest BCUT2D eigenvalue weighted by Gasteiger charge is 2.09. The van der Waals surface area contributed by atoms with Crippen molar-refractivity contribution < 1.29 is 4.79 Å². The third kappa shape index (κ3) is 2.80. The molecule has 0 spiro atoms. The van der Waals surface area contributed by atoms with Crippen molar-refractivity contribution in [1.29, 1.82) is 0 Å². The first kappa shape index (κ1) is 14.5. The number of aromatic nitrogens is 1. The van der Waals surface area contributed by atoms with Crippen molar-refractivity contribution >= 4 is 33.0 Å². The number of hydrogen-bond donors (Lipinski definition) is 1. The minimum absolute atomic E-state index is 0.0119. The zero-order chi connectivity index (χ0) is 15.7. The summed E-state index contributed by atoms with van der Waals surface area (Å²) in [5.74, 6) is -0.203. The Labute approximate surface area is 132 Å². The average molecular weight is 312 g/mol. The molecule has 5 heteroatoms. The average Bonchev–Trinajstić information content (AvgIpc) is 2.95. The summed E-state index contributed by atoms with van der Waals surface area (Å²) < 4.78 is 2.38. The van der Waals surface area contributed by atoms with Gasteiger partial charge < -0.3 is 9.88 Å². The number of fused-ring (bicyclic) bond motifs is 1. The maximum Gasteiger partial charge on any atom is 0.259 e. The van der Waals surface area contributed by atoms with Gasteiger partial charge in [0, 0.05) is 16.6 Å². The van der Waals surface area contributed by atoms with Crippen molar-refractivity contribution in [3.8, 4) is 0 Å². The number of benzene rings is 1. The van der Waals surface area contributed by atoms with Gasteiger partial charge in [-0.05, 0) is 48.6 Å². The number of carbonyl (C=O) groups is 1. The van der Waals surface area contributed by atoms with E-state index in [1.54, 1.807) is 12.3 Å². The lowest BCUT2D eigenvalue weighted by molar-refractivity contribution is -0.116. The van der Waals surface area contributed by atoms with Crippen LogP contribution in [0.5, 0.6) is 0 Å². The van der Waals surface area contributed by atoms with Crippen molar-refractivity contribution in [1.82, 2.24) is 4.57 Å². The quantitative estimate of drug-likeness (QED) is 0.806. The van der Waals surface area contributed by atoms with E-state index in [9.17, 15) is 9.59 Å². The van der Waals surface area contributed by atoms with E-state index < -0.39 is 0 Å². The number of anilines is 1. The molecule has 0 fully saturated rings. The summed E-state index contributed by atoms with van der Waals surface area (Å²) in [5, 5.41) is 5.41. The third-order valence-corrected chi connectivity index (χ3v) is 4.46. The topological polar surface area (TPSA) is 51.1 Å². The van der Waals surface area contributed by atoms with Gasteiger partial charge in [-0.1, -0.05) is 12.1 Å². The summed E-state index contributed by atoms with van der Waals surface area (Å²) in [6, 6.07) is 9.56. The number of rotatable bonds is 3. The molecule has 0 aliphatic heterocycles. The van der Waals surface area contributed by atoms with Gasteiger partial charge >= 0.3 is 0 Å². The van der Waals surface area contributed by atoms with Crippen molar-refractivity contribution in [3.63, 3.8) is 0 Å². The smallest absolute Gasteiger partial charge is 0.259 e. The number of amides is 1. The molecule has 0 atom stereocenters.